The summed E-state index contributed by atoms with van der Waals surface area (Å²) < 4.78 is 5.95. The third kappa shape index (κ3) is 3.24. The third-order valence-corrected chi connectivity index (χ3v) is 4.22. The van der Waals surface area contributed by atoms with Crippen LogP contribution in [0.1, 0.15) is 29.5 Å². The van der Waals surface area contributed by atoms with Crippen LogP contribution in [0.4, 0.5) is 0 Å². The molecule has 3 rings (SSSR count). The molecule has 0 bridgehead atoms. The Morgan fingerprint density at radius 3 is 2.71 bits per heavy atom. The highest BCUT2D eigenvalue weighted by Crippen LogP contribution is 2.42. The Bertz CT molecular complexity index is 797. The normalized spacial score (nSPS) is 22.1. The number of fused-ring (bicyclic) bond motifs is 1. The van der Waals surface area contributed by atoms with Gasteiger partial charge in [-0.25, -0.2) is 0 Å². The lowest BCUT2D eigenvalue weighted by molar-refractivity contribution is -0.145. The quantitative estimate of drug-likeness (QED) is 0.902. The molecule has 1 aliphatic heterocycles. The van der Waals surface area contributed by atoms with Crippen LogP contribution in [0.3, 0.4) is 0 Å². The molecule has 0 aliphatic carbocycles. The van der Waals surface area contributed by atoms with Crippen LogP contribution in [-0.2, 0) is 16.8 Å². The smallest absolute Gasteiger partial charge is 0.306 e. The van der Waals surface area contributed by atoms with Crippen molar-refractivity contribution in [2.75, 3.05) is 0 Å². The molecule has 0 spiro atoms. The highest BCUT2D eigenvalue weighted by Gasteiger charge is 2.42. The molecule has 0 unspecified atom stereocenters. The highest BCUT2D eigenvalue weighted by atomic mass is 16.5. The summed E-state index contributed by atoms with van der Waals surface area (Å²) >= 11 is 0. The Morgan fingerprint density at radius 1 is 1.29 bits per heavy atom. The number of ether oxygens (including phenoxy) is 1. The Balaban J connectivity index is 1.95. The summed E-state index contributed by atoms with van der Waals surface area (Å²) in [5.74, 6) is -0.656. The molecule has 2 aromatic rings. The number of hydrogen-bond donors (Lipinski definition) is 2. The van der Waals surface area contributed by atoms with Gasteiger partial charge in [-0.05, 0) is 23.8 Å². The standard InChI is InChI=1S/C19H17NO4/c20-12-14-6-7-17-16(9-14)19(23,11-18(21)22)10-15(24-17)8-13-4-2-1-3-5-13/h1-7,9,15,23H,8,10-11H2,(H,21,22)/t15-,19-/m1/s1. The van der Waals surface area contributed by atoms with Gasteiger partial charge in [0.1, 0.15) is 17.5 Å². The van der Waals surface area contributed by atoms with Crippen molar-refractivity contribution in [3.05, 3.63) is 65.2 Å². The summed E-state index contributed by atoms with van der Waals surface area (Å²) in [6, 6.07) is 16.4. The van der Waals surface area contributed by atoms with E-state index in [1.165, 1.54) is 6.07 Å². The number of nitrogens with zero attached hydrogens (tertiary/aromatic N) is 1. The van der Waals surface area contributed by atoms with Crippen LogP contribution in [0.5, 0.6) is 5.75 Å². The van der Waals surface area contributed by atoms with Crippen LogP contribution in [0.2, 0.25) is 0 Å². The van der Waals surface area contributed by atoms with Crippen molar-refractivity contribution in [2.24, 2.45) is 0 Å². The van der Waals surface area contributed by atoms with Crippen molar-refractivity contribution >= 4 is 5.97 Å². The van der Waals surface area contributed by atoms with E-state index >= 15 is 0 Å². The molecule has 1 aliphatic rings. The number of carbonyl (C=O) groups is 1. The van der Waals surface area contributed by atoms with Gasteiger partial charge in [0.05, 0.1) is 18.1 Å². The van der Waals surface area contributed by atoms with Gasteiger partial charge >= 0.3 is 5.97 Å². The first-order valence-electron chi connectivity index (χ1n) is 7.69. The van der Waals surface area contributed by atoms with Crippen LogP contribution in [-0.4, -0.2) is 22.3 Å². The first kappa shape index (κ1) is 16.0. The van der Waals surface area contributed by atoms with E-state index < -0.39 is 18.0 Å². The molecular formula is C19H17NO4. The van der Waals surface area contributed by atoms with Gasteiger partial charge in [-0.3, -0.25) is 4.79 Å². The molecule has 0 amide bonds. The molecule has 0 fully saturated rings. The van der Waals surface area contributed by atoms with Gasteiger partial charge in [-0.2, -0.15) is 5.26 Å². The molecule has 1 heterocycles. The Morgan fingerprint density at radius 2 is 2.04 bits per heavy atom. The molecule has 0 radical (unpaired) electrons. The molecule has 2 atom stereocenters. The second kappa shape index (κ2) is 6.34. The molecule has 2 aromatic carbocycles. The van der Waals surface area contributed by atoms with Crippen LogP contribution in [0.15, 0.2) is 48.5 Å². The van der Waals surface area contributed by atoms with Gasteiger partial charge in [-0.15, -0.1) is 0 Å². The van der Waals surface area contributed by atoms with Crippen molar-refractivity contribution in [1.82, 2.24) is 0 Å². The Hall–Kier alpha value is -2.84. The summed E-state index contributed by atoms with van der Waals surface area (Å²) in [6.45, 7) is 0. The molecule has 0 saturated heterocycles. The van der Waals surface area contributed by atoms with Crippen molar-refractivity contribution in [3.8, 4) is 11.8 Å². The van der Waals surface area contributed by atoms with Gasteiger partial charge in [0.2, 0.25) is 0 Å². The van der Waals surface area contributed by atoms with E-state index in [0.29, 0.717) is 23.3 Å². The van der Waals surface area contributed by atoms with E-state index in [1.807, 2.05) is 36.4 Å². The highest BCUT2D eigenvalue weighted by molar-refractivity contribution is 5.69. The molecule has 122 valence electrons. The summed E-state index contributed by atoms with van der Waals surface area (Å²) in [4.78, 5) is 11.2. The van der Waals surface area contributed by atoms with Crippen LogP contribution in [0.25, 0.3) is 0 Å². The maximum absolute atomic E-state index is 11.2. The van der Waals surface area contributed by atoms with Crippen molar-refractivity contribution in [2.45, 2.75) is 31.0 Å². The van der Waals surface area contributed by atoms with E-state index in [1.54, 1.807) is 12.1 Å². The maximum Gasteiger partial charge on any atom is 0.306 e. The molecule has 2 N–H and O–H groups in total. The summed E-state index contributed by atoms with van der Waals surface area (Å²) in [6.07, 6.45) is -0.0286. The summed E-state index contributed by atoms with van der Waals surface area (Å²) in [7, 11) is 0. The molecule has 0 aromatic heterocycles. The predicted molar refractivity (Wildman–Crippen MR) is 86.5 cm³/mol. The van der Waals surface area contributed by atoms with Gasteiger partial charge in [0.15, 0.2) is 0 Å². The fourth-order valence-electron chi connectivity index (χ4n) is 3.18. The number of hydrogen-bond acceptors (Lipinski definition) is 4. The van der Waals surface area contributed by atoms with E-state index in [4.69, 9.17) is 10.00 Å². The lowest BCUT2D eigenvalue weighted by Crippen LogP contribution is -2.41. The lowest BCUT2D eigenvalue weighted by atomic mass is 9.80. The maximum atomic E-state index is 11.2. The Kier molecular flexibility index (Phi) is 4.24. The summed E-state index contributed by atoms with van der Waals surface area (Å²) in [5.41, 5.74) is 0.235. The van der Waals surface area contributed by atoms with Crippen molar-refractivity contribution in [3.63, 3.8) is 0 Å². The van der Waals surface area contributed by atoms with Crippen molar-refractivity contribution in [1.29, 1.82) is 5.26 Å². The van der Waals surface area contributed by atoms with Gasteiger partial charge < -0.3 is 14.9 Å². The number of carboxylic acids is 1. The average molecular weight is 323 g/mol. The monoisotopic (exact) mass is 323 g/mol. The number of aliphatic hydroxyl groups is 1. The first-order chi connectivity index (χ1) is 11.5. The molecule has 0 saturated carbocycles. The SMILES string of the molecule is N#Cc1ccc2c(c1)[C@](O)(CC(=O)O)C[C@@H](Cc1ccccc1)O2. The molecule has 5 nitrogen and oxygen atoms in total. The third-order valence-electron chi connectivity index (χ3n) is 4.22. The van der Waals surface area contributed by atoms with E-state index in [9.17, 15) is 15.0 Å². The second-order valence-electron chi connectivity index (χ2n) is 6.06. The number of nitriles is 1. The van der Waals surface area contributed by atoms with E-state index in [-0.39, 0.29) is 12.5 Å². The van der Waals surface area contributed by atoms with Gasteiger partial charge in [0.25, 0.3) is 0 Å². The fraction of sp³-hybridized carbons (Fsp3) is 0.263. The molecular weight excluding hydrogens is 306 g/mol. The minimum atomic E-state index is -1.55. The number of benzene rings is 2. The zero-order valence-electron chi connectivity index (χ0n) is 13.0. The predicted octanol–water partition coefficient (Wildman–Crippen LogP) is 2.61. The fourth-order valence-corrected chi connectivity index (χ4v) is 3.18. The zero-order valence-corrected chi connectivity index (χ0v) is 13.0. The number of rotatable bonds is 4. The average Bonchev–Trinajstić information content (AvgIpc) is 2.54. The largest absolute Gasteiger partial charge is 0.490 e. The van der Waals surface area contributed by atoms with Crippen LogP contribution in [0, 0.1) is 11.3 Å². The molecule has 5 heteroatoms. The topological polar surface area (TPSA) is 90.5 Å². The molecule has 24 heavy (non-hydrogen) atoms. The summed E-state index contributed by atoms with van der Waals surface area (Å²) in [5, 5.41) is 29.2. The minimum Gasteiger partial charge on any atom is -0.490 e. The zero-order chi connectivity index (χ0) is 17.2. The van der Waals surface area contributed by atoms with Crippen LogP contribution < -0.4 is 4.74 Å². The van der Waals surface area contributed by atoms with Crippen LogP contribution >= 0.6 is 0 Å². The van der Waals surface area contributed by atoms with Gasteiger partial charge in [-0.1, -0.05) is 30.3 Å². The first-order valence-corrected chi connectivity index (χ1v) is 7.69. The number of carboxylic acid groups (broad SMARTS) is 1. The van der Waals surface area contributed by atoms with E-state index in [2.05, 4.69) is 0 Å². The van der Waals surface area contributed by atoms with E-state index in [0.717, 1.165) is 5.56 Å². The van der Waals surface area contributed by atoms with Gasteiger partial charge in [0, 0.05) is 18.4 Å². The Labute approximate surface area is 139 Å². The van der Waals surface area contributed by atoms with Crippen molar-refractivity contribution < 1.29 is 19.7 Å². The second-order valence-corrected chi connectivity index (χ2v) is 6.06. The minimum absolute atomic E-state index is 0.163. The lowest BCUT2D eigenvalue weighted by Gasteiger charge is -2.38. The number of aliphatic carboxylic acids is 1.